The van der Waals surface area contributed by atoms with Gasteiger partial charge in [0.1, 0.15) is 0 Å². The van der Waals surface area contributed by atoms with E-state index in [9.17, 15) is 28.1 Å². The predicted octanol–water partition coefficient (Wildman–Crippen LogP) is 1.75. The second kappa shape index (κ2) is 10.3. The van der Waals surface area contributed by atoms with Gasteiger partial charge in [0.05, 0.1) is 33.7 Å². The molecule has 0 aromatic heterocycles. The zero-order valence-electron chi connectivity index (χ0n) is 17.6. The predicted molar refractivity (Wildman–Crippen MR) is 122 cm³/mol. The molecule has 0 atom stereocenters. The molecule has 33 heavy (non-hydrogen) atoms. The minimum atomic E-state index is -3.75. The molecule has 3 N–H and O–H groups in total. The summed E-state index contributed by atoms with van der Waals surface area (Å²) in [5.41, 5.74) is 5.64. The smallest absolute Gasteiger partial charge is 0.283 e. The molecular weight excluding hydrogens is 472 g/mol. The molecule has 0 spiro atoms. The van der Waals surface area contributed by atoms with E-state index in [1.54, 1.807) is 19.1 Å². The number of carbonyl (C=O) groups excluding carboxylic acids is 2. The van der Waals surface area contributed by atoms with Crippen LogP contribution in [0.2, 0.25) is 0 Å². The number of hydrogen-bond acceptors (Lipinski definition) is 8. The number of carbonyl (C=O) groups is 2. The van der Waals surface area contributed by atoms with Crippen LogP contribution in [0.15, 0.2) is 46.2 Å². The minimum absolute atomic E-state index is 0.0100. The van der Waals surface area contributed by atoms with Gasteiger partial charge in [-0.3, -0.25) is 19.7 Å². The topological polar surface area (TPSA) is 162 Å². The Morgan fingerprint density at radius 1 is 1.21 bits per heavy atom. The van der Waals surface area contributed by atoms with Crippen molar-refractivity contribution in [3.63, 3.8) is 0 Å². The van der Waals surface area contributed by atoms with E-state index < -0.39 is 26.8 Å². The molecule has 1 heterocycles. The molecule has 176 valence electrons. The van der Waals surface area contributed by atoms with Crippen LogP contribution in [0.4, 0.5) is 11.4 Å². The lowest BCUT2D eigenvalue weighted by Gasteiger charge is -2.26. The van der Waals surface area contributed by atoms with Gasteiger partial charge in [-0.25, -0.2) is 8.42 Å². The van der Waals surface area contributed by atoms with Crippen molar-refractivity contribution in [2.24, 2.45) is 5.73 Å². The van der Waals surface area contributed by atoms with E-state index in [0.717, 1.165) is 17.8 Å². The van der Waals surface area contributed by atoms with Crippen LogP contribution in [-0.2, 0) is 19.6 Å². The maximum atomic E-state index is 13.0. The molecule has 2 amide bonds. The number of nitro groups is 1. The molecule has 2 aromatic rings. The Morgan fingerprint density at radius 3 is 2.55 bits per heavy atom. The van der Waals surface area contributed by atoms with Crippen LogP contribution in [0.5, 0.6) is 0 Å². The molecule has 1 aliphatic heterocycles. The number of nitrogens with one attached hydrogen (secondary N) is 1. The Kier molecular flexibility index (Phi) is 7.68. The van der Waals surface area contributed by atoms with Crippen molar-refractivity contribution in [1.29, 1.82) is 0 Å². The maximum Gasteiger partial charge on any atom is 0.283 e. The zero-order chi connectivity index (χ0) is 24.2. The van der Waals surface area contributed by atoms with E-state index in [1.807, 2.05) is 0 Å². The lowest BCUT2D eigenvalue weighted by molar-refractivity contribution is -0.387. The highest BCUT2D eigenvalue weighted by Gasteiger charge is 2.28. The Morgan fingerprint density at radius 2 is 1.91 bits per heavy atom. The summed E-state index contributed by atoms with van der Waals surface area (Å²) < 4.78 is 32.5. The summed E-state index contributed by atoms with van der Waals surface area (Å²) in [6.45, 7) is 2.81. The summed E-state index contributed by atoms with van der Waals surface area (Å²) in [5, 5.41) is 13.9. The number of ether oxygens (including phenoxy) is 1. The van der Waals surface area contributed by atoms with Crippen molar-refractivity contribution < 1.29 is 27.7 Å². The number of nitrogens with zero attached hydrogens (tertiary/aromatic N) is 2. The third-order valence-electron chi connectivity index (χ3n) is 4.86. The van der Waals surface area contributed by atoms with Crippen molar-refractivity contribution in [2.45, 2.75) is 16.7 Å². The summed E-state index contributed by atoms with van der Waals surface area (Å²) in [4.78, 5) is 34.6. The lowest BCUT2D eigenvalue weighted by Crippen LogP contribution is -2.40. The molecule has 2 aromatic carbocycles. The number of thioether (sulfide) groups is 1. The third kappa shape index (κ3) is 5.87. The second-order valence-corrected chi connectivity index (χ2v) is 10.1. The first-order chi connectivity index (χ1) is 15.6. The number of morpholine rings is 1. The molecule has 0 bridgehead atoms. The molecule has 13 heteroatoms. The third-order valence-corrected chi connectivity index (χ3v) is 7.96. The van der Waals surface area contributed by atoms with Crippen LogP contribution < -0.4 is 11.1 Å². The molecule has 0 saturated carbocycles. The molecular formula is C20H22N4O7S2. The normalized spacial score (nSPS) is 14.6. The molecule has 11 nitrogen and oxygen atoms in total. The first-order valence-electron chi connectivity index (χ1n) is 9.79. The Labute approximate surface area is 194 Å². The summed E-state index contributed by atoms with van der Waals surface area (Å²) in [7, 11) is -3.75. The van der Waals surface area contributed by atoms with Crippen molar-refractivity contribution >= 4 is 45.0 Å². The fourth-order valence-corrected chi connectivity index (χ4v) is 5.62. The fourth-order valence-electron chi connectivity index (χ4n) is 3.16. The monoisotopic (exact) mass is 494 g/mol. The summed E-state index contributed by atoms with van der Waals surface area (Å²) >= 11 is 0.913. The van der Waals surface area contributed by atoms with E-state index >= 15 is 0 Å². The standard InChI is InChI=1S/C20H22N4O7S2/c1-13-2-4-15(11-18(13)33(29,30)23-6-8-31-9-7-23)22-19(25)12-32-17-5-3-14(20(21)26)10-16(17)24(27)28/h2-5,10-11H,6-9,12H2,1H3,(H2,21,26)(H,22,25). The van der Waals surface area contributed by atoms with Crippen molar-refractivity contribution in [2.75, 3.05) is 37.4 Å². The largest absolute Gasteiger partial charge is 0.379 e. The number of amides is 2. The highest BCUT2D eigenvalue weighted by molar-refractivity contribution is 8.00. The summed E-state index contributed by atoms with van der Waals surface area (Å²) in [6, 6.07) is 8.34. The SMILES string of the molecule is Cc1ccc(NC(=O)CSc2ccc(C(N)=O)cc2[N+](=O)[O-])cc1S(=O)(=O)N1CCOCC1. The molecule has 1 aliphatic rings. The van der Waals surface area contributed by atoms with E-state index in [1.165, 1.54) is 22.5 Å². The summed E-state index contributed by atoms with van der Waals surface area (Å²) in [5.74, 6) is -1.45. The fraction of sp³-hybridized carbons (Fsp3) is 0.300. The molecule has 1 saturated heterocycles. The quantitative estimate of drug-likeness (QED) is 0.319. The number of rotatable bonds is 8. The Bertz CT molecular complexity index is 1190. The van der Waals surface area contributed by atoms with Gasteiger partial charge in [-0.1, -0.05) is 6.07 Å². The van der Waals surface area contributed by atoms with Crippen molar-refractivity contribution in [1.82, 2.24) is 4.31 Å². The lowest BCUT2D eigenvalue weighted by atomic mass is 10.2. The molecule has 0 unspecified atom stereocenters. The van der Waals surface area contributed by atoms with E-state index in [0.29, 0.717) is 18.8 Å². The van der Waals surface area contributed by atoms with Gasteiger partial charge in [0.25, 0.3) is 5.69 Å². The maximum absolute atomic E-state index is 13.0. The van der Waals surface area contributed by atoms with Gasteiger partial charge in [0.2, 0.25) is 21.8 Å². The van der Waals surface area contributed by atoms with Gasteiger partial charge in [-0.05, 0) is 36.8 Å². The van der Waals surface area contributed by atoms with Gasteiger partial charge in [-0.2, -0.15) is 4.31 Å². The Balaban J connectivity index is 1.72. The van der Waals surface area contributed by atoms with Gasteiger partial charge < -0.3 is 15.8 Å². The van der Waals surface area contributed by atoms with Crippen molar-refractivity contribution in [3.05, 3.63) is 57.6 Å². The first kappa shape index (κ1) is 24.6. The second-order valence-electron chi connectivity index (χ2n) is 7.14. The van der Waals surface area contributed by atoms with Crippen LogP contribution in [0.25, 0.3) is 0 Å². The van der Waals surface area contributed by atoms with Crippen LogP contribution in [0.1, 0.15) is 15.9 Å². The highest BCUT2D eigenvalue weighted by Crippen LogP contribution is 2.30. The number of benzene rings is 2. The first-order valence-corrected chi connectivity index (χ1v) is 12.2. The number of hydrogen-bond donors (Lipinski definition) is 2. The highest BCUT2D eigenvalue weighted by atomic mass is 32.2. The molecule has 0 radical (unpaired) electrons. The number of aryl methyl sites for hydroxylation is 1. The van der Waals surface area contributed by atoms with Gasteiger partial charge in [0.15, 0.2) is 0 Å². The summed E-state index contributed by atoms with van der Waals surface area (Å²) in [6.07, 6.45) is 0. The van der Waals surface area contributed by atoms with E-state index in [4.69, 9.17) is 10.5 Å². The number of nitrogens with two attached hydrogens (primary N) is 1. The number of nitro benzene ring substituents is 1. The van der Waals surface area contributed by atoms with Gasteiger partial charge in [-0.15, -0.1) is 11.8 Å². The average Bonchev–Trinajstić information content (AvgIpc) is 2.79. The number of primary amides is 1. The van der Waals surface area contributed by atoms with Crippen LogP contribution in [0.3, 0.4) is 0 Å². The van der Waals surface area contributed by atoms with Crippen molar-refractivity contribution in [3.8, 4) is 0 Å². The minimum Gasteiger partial charge on any atom is -0.379 e. The van der Waals surface area contributed by atoms with Gasteiger partial charge in [0, 0.05) is 30.4 Å². The van der Waals surface area contributed by atoms with Crippen LogP contribution >= 0.6 is 11.8 Å². The molecule has 0 aliphatic carbocycles. The molecule has 1 fully saturated rings. The van der Waals surface area contributed by atoms with Gasteiger partial charge >= 0.3 is 0 Å². The van der Waals surface area contributed by atoms with Crippen LogP contribution in [0, 0.1) is 17.0 Å². The Hall–Kier alpha value is -3.00. The number of anilines is 1. The van der Waals surface area contributed by atoms with E-state index in [2.05, 4.69) is 5.32 Å². The van der Waals surface area contributed by atoms with Crippen LogP contribution in [-0.4, -0.2) is 61.5 Å². The average molecular weight is 495 g/mol. The molecule has 3 rings (SSSR count). The number of sulfonamides is 1. The zero-order valence-corrected chi connectivity index (χ0v) is 19.3. The van der Waals surface area contributed by atoms with E-state index in [-0.39, 0.29) is 45.6 Å².